The fourth-order valence-corrected chi connectivity index (χ4v) is 2.66. The summed E-state index contributed by atoms with van der Waals surface area (Å²) in [4.78, 5) is 25.8. The van der Waals surface area contributed by atoms with E-state index in [1.54, 1.807) is 0 Å². The standard InChI is InChI=1S/C13H11F3N2O3/c14-13(15,16)21-7-3-4-9-8(6-7)12(20)18-5-1-2-10(18)11(19)17-9/h3-4,6,10H,1-2,5H2,(H,17,19)/t10-/m1/s1. The van der Waals surface area contributed by atoms with Crippen LogP contribution in [0.25, 0.3) is 0 Å². The molecule has 2 aliphatic rings. The van der Waals surface area contributed by atoms with E-state index in [1.807, 2.05) is 0 Å². The largest absolute Gasteiger partial charge is 0.573 e. The number of alkyl halides is 3. The van der Waals surface area contributed by atoms with Gasteiger partial charge in [-0.3, -0.25) is 9.59 Å². The SMILES string of the molecule is O=C1Nc2ccc(OC(F)(F)F)cc2C(=O)N2CCC[C@H]12. The zero-order valence-corrected chi connectivity index (χ0v) is 10.7. The summed E-state index contributed by atoms with van der Waals surface area (Å²) in [5.41, 5.74) is 0.212. The lowest BCUT2D eigenvalue weighted by atomic mass is 10.1. The molecule has 2 aliphatic heterocycles. The second-order valence-corrected chi connectivity index (χ2v) is 4.90. The number of nitrogens with one attached hydrogen (secondary N) is 1. The van der Waals surface area contributed by atoms with E-state index in [9.17, 15) is 22.8 Å². The van der Waals surface area contributed by atoms with Gasteiger partial charge in [0.2, 0.25) is 5.91 Å². The summed E-state index contributed by atoms with van der Waals surface area (Å²) < 4.78 is 40.5. The molecule has 1 saturated heterocycles. The molecule has 2 heterocycles. The average Bonchev–Trinajstić information content (AvgIpc) is 2.84. The number of carbonyl (C=O) groups is 2. The minimum atomic E-state index is -4.83. The molecule has 0 spiro atoms. The number of amides is 2. The third kappa shape index (κ3) is 2.53. The van der Waals surface area contributed by atoms with Crippen LogP contribution in [-0.4, -0.2) is 35.7 Å². The van der Waals surface area contributed by atoms with Crippen LogP contribution in [0.2, 0.25) is 0 Å². The maximum atomic E-state index is 12.4. The fraction of sp³-hybridized carbons (Fsp3) is 0.385. The lowest BCUT2D eigenvalue weighted by Gasteiger charge is -2.20. The highest BCUT2D eigenvalue weighted by Gasteiger charge is 2.39. The van der Waals surface area contributed by atoms with Crippen molar-refractivity contribution < 1.29 is 27.5 Å². The van der Waals surface area contributed by atoms with Gasteiger partial charge in [-0.25, -0.2) is 0 Å². The molecule has 5 nitrogen and oxygen atoms in total. The Kier molecular flexibility index (Phi) is 3.03. The Morgan fingerprint density at radius 1 is 1.29 bits per heavy atom. The van der Waals surface area contributed by atoms with Crippen LogP contribution in [0, 0.1) is 0 Å². The van der Waals surface area contributed by atoms with E-state index in [2.05, 4.69) is 10.1 Å². The lowest BCUT2D eigenvalue weighted by molar-refractivity contribution is -0.274. The average molecular weight is 300 g/mol. The molecule has 0 bridgehead atoms. The molecule has 1 N–H and O–H groups in total. The first-order valence-corrected chi connectivity index (χ1v) is 6.37. The zero-order chi connectivity index (χ0) is 15.2. The van der Waals surface area contributed by atoms with Gasteiger partial charge >= 0.3 is 6.36 Å². The Bertz CT molecular complexity index is 615. The highest BCUT2D eigenvalue weighted by atomic mass is 19.4. The molecule has 2 amide bonds. The summed E-state index contributed by atoms with van der Waals surface area (Å²) in [5, 5.41) is 2.58. The van der Waals surface area contributed by atoms with Crippen molar-refractivity contribution in [3.8, 4) is 5.75 Å². The maximum absolute atomic E-state index is 12.4. The van der Waals surface area contributed by atoms with Crippen molar-refractivity contribution in [3.05, 3.63) is 23.8 Å². The van der Waals surface area contributed by atoms with Crippen LogP contribution in [0.15, 0.2) is 18.2 Å². The van der Waals surface area contributed by atoms with Gasteiger partial charge in [0.05, 0.1) is 11.3 Å². The van der Waals surface area contributed by atoms with Crippen LogP contribution in [0.5, 0.6) is 5.75 Å². The second-order valence-electron chi connectivity index (χ2n) is 4.90. The normalized spacial score (nSPS) is 21.5. The Morgan fingerprint density at radius 2 is 2.05 bits per heavy atom. The van der Waals surface area contributed by atoms with Crippen molar-refractivity contribution in [1.82, 2.24) is 4.90 Å². The van der Waals surface area contributed by atoms with Gasteiger partial charge in [0.25, 0.3) is 5.91 Å². The summed E-state index contributed by atoms with van der Waals surface area (Å²) >= 11 is 0. The fourth-order valence-electron chi connectivity index (χ4n) is 2.66. The Balaban J connectivity index is 1.99. The molecule has 3 rings (SSSR count). The Hall–Kier alpha value is -2.25. The molecule has 0 aliphatic carbocycles. The first-order valence-electron chi connectivity index (χ1n) is 6.37. The number of anilines is 1. The second kappa shape index (κ2) is 4.64. The van der Waals surface area contributed by atoms with Crippen LogP contribution >= 0.6 is 0 Å². The number of hydrogen-bond acceptors (Lipinski definition) is 3. The van der Waals surface area contributed by atoms with E-state index in [1.165, 1.54) is 11.0 Å². The number of fused-ring (bicyclic) bond motifs is 2. The molecule has 1 aromatic rings. The number of rotatable bonds is 1. The summed E-state index contributed by atoms with van der Waals surface area (Å²) in [6.45, 7) is 0.417. The minimum Gasteiger partial charge on any atom is -0.406 e. The van der Waals surface area contributed by atoms with Crippen LogP contribution in [0.3, 0.4) is 0 Å². The third-order valence-electron chi connectivity index (χ3n) is 3.53. The summed E-state index contributed by atoms with van der Waals surface area (Å²) in [5.74, 6) is -1.26. The highest BCUT2D eigenvalue weighted by Crippen LogP contribution is 2.32. The van der Waals surface area contributed by atoms with Gasteiger partial charge in [-0.05, 0) is 31.0 Å². The lowest BCUT2D eigenvalue weighted by Crippen LogP contribution is -2.40. The van der Waals surface area contributed by atoms with Crippen LogP contribution in [0.1, 0.15) is 23.2 Å². The first kappa shape index (κ1) is 13.7. The molecular formula is C13H11F3N2O3. The molecule has 0 saturated carbocycles. The van der Waals surface area contributed by atoms with E-state index >= 15 is 0 Å². The quantitative estimate of drug-likeness (QED) is 0.864. The molecule has 0 aromatic heterocycles. The molecule has 0 unspecified atom stereocenters. The molecule has 8 heteroatoms. The zero-order valence-electron chi connectivity index (χ0n) is 10.7. The number of ether oxygens (including phenoxy) is 1. The number of hydrogen-bond donors (Lipinski definition) is 1. The third-order valence-corrected chi connectivity index (χ3v) is 3.53. The van der Waals surface area contributed by atoms with Gasteiger partial charge in [0.15, 0.2) is 0 Å². The van der Waals surface area contributed by atoms with Crippen molar-refractivity contribution in [2.24, 2.45) is 0 Å². The number of benzene rings is 1. The molecule has 112 valence electrons. The number of halogens is 3. The molecule has 0 radical (unpaired) electrons. The Morgan fingerprint density at radius 3 is 2.76 bits per heavy atom. The van der Waals surface area contributed by atoms with Gasteiger partial charge in [-0.2, -0.15) is 0 Å². The number of carbonyl (C=O) groups excluding carboxylic acids is 2. The molecule has 21 heavy (non-hydrogen) atoms. The van der Waals surface area contributed by atoms with Crippen molar-refractivity contribution in [1.29, 1.82) is 0 Å². The van der Waals surface area contributed by atoms with Crippen LogP contribution in [0.4, 0.5) is 18.9 Å². The van der Waals surface area contributed by atoms with Crippen LogP contribution in [-0.2, 0) is 4.79 Å². The van der Waals surface area contributed by atoms with Crippen molar-refractivity contribution >= 4 is 17.5 Å². The highest BCUT2D eigenvalue weighted by molar-refractivity contribution is 6.10. The van der Waals surface area contributed by atoms with Crippen molar-refractivity contribution in [3.63, 3.8) is 0 Å². The van der Waals surface area contributed by atoms with Crippen molar-refractivity contribution in [2.45, 2.75) is 25.2 Å². The van der Waals surface area contributed by atoms with Gasteiger partial charge in [0, 0.05) is 6.54 Å². The van der Waals surface area contributed by atoms with Gasteiger partial charge in [0.1, 0.15) is 11.8 Å². The van der Waals surface area contributed by atoms with E-state index in [-0.39, 0.29) is 17.2 Å². The molecule has 1 atom stereocenters. The predicted molar refractivity (Wildman–Crippen MR) is 65.8 cm³/mol. The van der Waals surface area contributed by atoms with E-state index in [0.29, 0.717) is 19.4 Å². The van der Waals surface area contributed by atoms with Gasteiger partial charge in [-0.15, -0.1) is 13.2 Å². The van der Waals surface area contributed by atoms with Gasteiger partial charge in [-0.1, -0.05) is 0 Å². The predicted octanol–water partition coefficient (Wildman–Crippen LogP) is 2.14. The summed E-state index contributed by atoms with van der Waals surface area (Å²) in [7, 11) is 0. The van der Waals surface area contributed by atoms with E-state index in [4.69, 9.17) is 0 Å². The monoisotopic (exact) mass is 300 g/mol. The minimum absolute atomic E-state index is 0.00880. The smallest absolute Gasteiger partial charge is 0.406 e. The van der Waals surface area contributed by atoms with Crippen molar-refractivity contribution in [2.75, 3.05) is 11.9 Å². The molecular weight excluding hydrogens is 289 g/mol. The van der Waals surface area contributed by atoms with Crippen LogP contribution < -0.4 is 10.1 Å². The first-order chi connectivity index (χ1) is 9.85. The molecule has 1 fully saturated rings. The van der Waals surface area contributed by atoms with Gasteiger partial charge < -0.3 is 15.0 Å². The van der Waals surface area contributed by atoms with E-state index in [0.717, 1.165) is 12.1 Å². The summed E-state index contributed by atoms with van der Waals surface area (Å²) in [6, 6.07) is 2.76. The number of nitrogens with zero attached hydrogens (tertiary/aromatic N) is 1. The topological polar surface area (TPSA) is 58.6 Å². The van der Waals surface area contributed by atoms with E-state index < -0.39 is 24.1 Å². The Labute approximate surface area is 117 Å². The molecule has 1 aromatic carbocycles. The summed E-state index contributed by atoms with van der Waals surface area (Å²) in [6.07, 6.45) is -3.59. The maximum Gasteiger partial charge on any atom is 0.573 e.